The van der Waals surface area contributed by atoms with Crippen LogP contribution in [0.3, 0.4) is 0 Å². The second kappa shape index (κ2) is 10.8. The summed E-state index contributed by atoms with van der Waals surface area (Å²) >= 11 is 0. The molecule has 1 heterocycles. The van der Waals surface area contributed by atoms with E-state index in [4.69, 9.17) is 18.9 Å². The third-order valence-corrected chi connectivity index (χ3v) is 4.01. The van der Waals surface area contributed by atoms with Crippen molar-refractivity contribution in [3.05, 3.63) is 18.2 Å². The highest BCUT2D eigenvalue weighted by molar-refractivity contribution is 5.93. The van der Waals surface area contributed by atoms with Gasteiger partial charge in [-0.2, -0.15) is 0 Å². The largest absolute Gasteiger partial charge is 0.493 e. The zero-order valence-electron chi connectivity index (χ0n) is 15.3. The van der Waals surface area contributed by atoms with Crippen LogP contribution in [0.5, 0.6) is 11.5 Å². The molecule has 1 saturated heterocycles. The van der Waals surface area contributed by atoms with E-state index >= 15 is 0 Å². The highest BCUT2D eigenvalue weighted by Crippen LogP contribution is 2.29. The fourth-order valence-corrected chi connectivity index (χ4v) is 2.60. The lowest BCUT2D eigenvalue weighted by Gasteiger charge is -2.22. The molecule has 0 unspecified atom stereocenters. The Morgan fingerprint density at radius 3 is 2.64 bits per heavy atom. The summed E-state index contributed by atoms with van der Waals surface area (Å²) in [5, 5.41) is 6.52. The number of hydrogen-bond acceptors (Lipinski definition) is 5. The highest BCUT2D eigenvalue weighted by atomic mass is 16.5. The number of rotatable bonds is 8. The van der Waals surface area contributed by atoms with Gasteiger partial charge in [0, 0.05) is 45.2 Å². The van der Waals surface area contributed by atoms with Gasteiger partial charge in [-0.1, -0.05) is 0 Å². The molecule has 1 aromatic rings. The summed E-state index contributed by atoms with van der Waals surface area (Å²) in [6, 6.07) is 5.65. The number of guanidine groups is 1. The van der Waals surface area contributed by atoms with Crippen LogP contribution >= 0.6 is 0 Å². The Kier molecular flexibility index (Phi) is 8.34. The summed E-state index contributed by atoms with van der Waals surface area (Å²) in [4.78, 5) is 4.23. The van der Waals surface area contributed by atoms with Crippen LogP contribution in [0, 0.1) is 0 Å². The van der Waals surface area contributed by atoms with Crippen LogP contribution in [0.1, 0.15) is 19.3 Å². The van der Waals surface area contributed by atoms with Gasteiger partial charge in [-0.05, 0) is 31.4 Å². The van der Waals surface area contributed by atoms with Crippen molar-refractivity contribution in [1.29, 1.82) is 0 Å². The molecule has 0 radical (unpaired) electrons. The minimum absolute atomic E-state index is 0.345. The molecule has 2 N–H and O–H groups in total. The Labute approximate surface area is 149 Å². The minimum atomic E-state index is 0.345. The predicted octanol–water partition coefficient (Wildman–Crippen LogP) is 2.28. The van der Waals surface area contributed by atoms with E-state index in [-0.39, 0.29) is 0 Å². The molecule has 1 aromatic carbocycles. The Balaban J connectivity index is 1.71. The Morgan fingerprint density at radius 1 is 1.20 bits per heavy atom. The first-order chi connectivity index (χ1) is 12.3. The van der Waals surface area contributed by atoms with Crippen molar-refractivity contribution in [3.63, 3.8) is 0 Å². The van der Waals surface area contributed by atoms with Gasteiger partial charge in [-0.25, -0.2) is 0 Å². The van der Waals surface area contributed by atoms with E-state index in [1.165, 1.54) is 0 Å². The van der Waals surface area contributed by atoms with Gasteiger partial charge in [0.15, 0.2) is 17.5 Å². The number of anilines is 1. The molecule has 25 heavy (non-hydrogen) atoms. The van der Waals surface area contributed by atoms with E-state index in [2.05, 4.69) is 15.6 Å². The molecular weight excluding hydrogens is 322 g/mol. The lowest BCUT2D eigenvalue weighted by Crippen LogP contribution is -2.32. The quantitative estimate of drug-likeness (QED) is 0.425. The van der Waals surface area contributed by atoms with E-state index in [1.54, 1.807) is 21.3 Å². The zero-order valence-corrected chi connectivity index (χ0v) is 15.3. The second-order valence-corrected chi connectivity index (χ2v) is 5.73. The summed E-state index contributed by atoms with van der Waals surface area (Å²) in [5.74, 6) is 2.08. The van der Waals surface area contributed by atoms with E-state index in [1.807, 2.05) is 18.2 Å². The Morgan fingerprint density at radius 2 is 1.96 bits per heavy atom. The molecule has 7 heteroatoms. The fourth-order valence-electron chi connectivity index (χ4n) is 2.60. The number of nitrogens with zero attached hydrogens (tertiary/aromatic N) is 1. The number of nitrogens with one attached hydrogen (secondary N) is 2. The van der Waals surface area contributed by atoms with Gasteiger partial charge >= 0.3 is 0 Å². The standard InChI is InChI=1S/C18H29N3O4/c1-19-18(20-9-4-10-25-15-7-11-24-12-8-15)21-14-5-6-16(22-2)17(13-14)23-3/h5-6,13,15H,4,7-12H2,1-3H3,(H2,19,20,21). The zero-order chi connectivity index (χ0) is 17.9. The third-order valence-electron chi connectivity index (χ3n) is 4.01. The van der Waals surface area contributed by atoms with E-state index in [0.29, 0.717) is 23.6 Å². The van der Waals surface area contributed by atoms with Crippen LogP contribution in [0.15, 0.2) is 23.2 Å². The Hall–Kier alpha value is -1.99. The number of benzene rings is 1. The van der Waals surface area contributed by atoms with Gasteiger partial charge in [0.05, 0.1) is 20.3 Å². The second-order valence-electron chi connectivity index (χ2n) is 5.73. The average molecular weight is 351 g/mol. The molecule has 0 saturated carbocycles. The summed E-state index contributed by atoms with van der Waals surface area (Å²) in [7, 11) is 4.98. The van der Waals surface area contributed by atoms with Crippen LogP contribution in [0.4, 0.5) is 5.69 Å². The van der Waals surface area contributed by atoms with Crippen LogP contribution < -0.4 is 20.1 Å². The summed E-state index contributed by atoms with van der Waals surface area (Å²) in [6.07, 6.45) is 3.26. The van der Waals surface area contributed by atoms with E-state index in [0.717, 1.165) is 51.3 Å². The molecule has 1 aliphatic rings. The van der Waals surface area contributed by atoms with E-state index in [9.17, 15) is 0 Å². The van der Waals surface area contributed by atoms with Gasteiger partial charge in [-0.15, -0.1) is 0 Å². The molecule has 0 aliphatic carbocycles. The summed E-state index contributed by atoms with van der Waals surface area (Å²) in [6.45, 7) is 3.15. The lowest BCUT2D eigenvalue weighted by molar-refractivity contribution is -0.0320. The van der Waals surface area contributed by atoms with Crippen LogP contribution in [-0.4, -0.2) is 59.7 Å². The topological polar surface area (TPSA) is 73.3 Å². The molecule has 1 aliphatic heterocycles. The van der Waals surface area contributed by atoms with Crippen molar-refractivity contribution < 1.29 is 18.9 Å². The molecule has 140 valence electrons. The van der Waals surface area contributed by atoms with Gasteiger partial charge in [0.1, 0.15) is 0 Å². The van der Waals surface area contributed by atoms with Gasteiger partial charge in [-0.3, -0.25) is 4.99 Å². The maximum absolute atomic E-state index is 5.86. The fraction of sp³-hybridized carbons (Fsp3) is 0.611. The molecule has 0 atom stereocenters. The first kappa shape index (κ1) is 19.3. The summed E-state index contributed by atoms with van der Waals surface area (Å²) < 4.78 is 21.7. The number of methoxy groups -OCH3 is 2. The molecule has 0 spiro atoms. The number of aliphatic imine (C=N–C) groups is 1. The van der Waals surface area contributed by atoms with Crippen LogP contribution in [-0.2, 0) is 9.47 Å². The normalized spacial score (nSPS) is 15.7. The molecule has 0 amide bonds. The maximum Gasteiger partial charge on any atom is 0.195 e. The van der Waals surface area contributed by atoms with Crippen LogP contribution in [0.25, 0.3) is 0 Å². The molecule has 0 bridgehead atoms. The maximum atomic E-state index is 5.86. The summed E-state index contributed by atoms with van der Waals surface area (Å²) in [5.41, 5.74) is 0.879. The van der Waals surface area contributed by atoms with Crippen molar-refractivity contribution in [3.8, 4) is 11.5 Å². The van der Waals surface area contributed by atoms with Crippen LogP contribution in [0.2, 0.25) is 0 Å². The van der Waals surface area contributed by atoms with Crippen molar-refractivity contribution >= 4 is 11.6 Å². The highest BCUT2D eigenvalue weighted by Gasteiger charge is 2.13. The third kappa shape index (κ3) is 6.43. The van der Waals surface area contributed by atoms with E-state index < -0.39 is 0 Å². The van der Waals surface area contributed by atoms with Gasteiger partial charge in [0.25, 0.3) is 0 Å². The smallest absolute Gasteiger partial charge is 0.195 e. The van der Waals surface area contributed by atoms with Gasteiger partial charge < -0.3 is 29.6 Å². The average Bonchev–Trinajstić information content (AvgIpc) is 2.67. The minimum Gasteiger partial charge on any atom is -0.493 e. The molecule has 0 aromatic heterocycles. The molecule has 7 nitrogen and oxygen atoms in total. The Bertz CT molecular complexity index is 545. The monoisotopic (exact) mass is 351 g/mol. The molecule has 2 rings (SSSR count). The van der Waals surface area contributed by atoms with Crippen molar-refractivity contribution in [1.82, 2.24) is 5.32 Å². The van der Waals surface area contributed by atoms with Crippen molar-refractivity contribution in [2.75, 3.05) is 52.9 Å². The van der Waals surface area contributed by atoms with Crippen molar-refractivity contribution in [2.45, 2.75) is 25.4 Å². The molecular formula is C18H29N3O4. The first-order valence-electron chi connectivity index (χ1n) is 8.66. The van der Waals surface area contributed by atoms with Crippen molar-refractivity contribution in [2.24, 2.45) is 4.99 Å². The predicted molar refractivity (Wildman–Crippen MR) is 98.9 cm³/mol. The molecule has 1 fully saturated rings. The number of hydrogen-bond donors (Lipinski definition) is 2. The SMILES string of the molecule is CN=C(NCCCOC1CCOCC1)Nc1ccc(OC)c(OC)c1. The number of ether oxygens (including phenoxy) is 4. The van der Waals surface area contributed by atoms with Gasteiger partial charge in [0.2, 0.25) is 0 Å². The first-order valence-corrected chi connectivity index (χ1v) is 8.66. The lowest BCUT2D eigenvalue weighted by atomic mass is 10.1.